The number of nitriles is 2. The van der Waals surface area contributed by atoms with E-state index in [0.717, 1.165) is 29.9 Å². The maximum absolute atomic E-state index is 10.5. The van der Waals surface area contributed by atoms with Crippen molar-refractivity contribution in [2.24, 2.45) is 21.6 Å². The highest BCUT2D eigenvalue weighted by atomic mass is 32.2. The SMILES string of the molecule is CCCSC1(SCCC)N=C(N)C2(C#N)C(c3cccc(OC)c3OC)C12C#N. The number of nitrogens with zero attached hydrogens (tertiary/aromatic N) is 3. The molecule has 1 saturated carbocycles. The number of rotatable bonds is 9. The molecule has 1 heterocycles. The predicted molar refractivity (Wildman–Crippen MR) is 118 cm³/mol. The Balaban J connectivity index is 2.23. The summed E-state index contributed by atoms with van der Waals surface area (Å²) in [5.41, 5.74) is 4.96. The fourth-order valence-electron chi connectivity index (χ4n) is 4.44. The smallest absolute Gasteiger partial charge is 0.175 e. The Hall–Kier alpha value is -2.03. The number of hydrogen-bond acceptors (Lipinski definition) is 8. The molecule has 1 aromatic rings. The van der Waals surface area contributed by atoms with Gasteiger partial charge in [0.15, 0.2) is 15.7 Å². The molecule has 2 N–H and O–H groups in total. The predicted octanol–water partition coefficient (Wildman–Crippen LogP) is 4.13. The van der Waals surface area contributed by atoms with Crippen molar-refractivity contribution in [1.82, 2.24) is 0 Å². The van der Waals surface area contributed by atoms with Gasteiger partial charge in [-0.05, 0) is 30.4 Å². The molecule has 3 rings (SSSR count). The molecule has 0 radical (unpaired) electrons. The van der Waals surface area contributed by atoms with E-state index in [1.807, 2.05) is 12.1 Å². The number of fused-ring (bicyclic) bond motifs is 1. The topological polar surface area (TPSA) is 104 Å². The molecule has 0 bridgehead atoms. The van der Waals surface area contributed by atoms with E-state index in [-0.39, 0.29) is 5.84 Å². The Morgan fingerprint density at radius 3 is 2.24 bits per heavy atom. The lowest BCUT2D eigenvalue weighted by molar-refractivity contribution is 0.350. The third kappa shape index (κ3) is 2.65. The number of nitrogens with two attached hydrogens (primary N) is 1. The van der Waals surface area contributed by atoms with Gasteiger partial charge in [-0.25, -0.2) is 4.99 Å². The zero-order valence-corrected chi connectivity index (χ0v) is 18.8. The van der Waals surface area contributed by atoms with Crippen LogP contribution in [-0.2, 0) is 0 Å². The lowest BCUT2D eigenvalue weighted by Gasteiger charge is -2.32. The van der Waals surface area contributed by atoms with Crippen LogP contribution in [0, 0.1) is 33.5 Å². The average Bonchev–Trinajstić information content (AvgIpc) is 3.33. The molecule has 2 aliphatic rings. The van der Waals surface area contributed by atoms with Gasteiger partial charge in [0.2, 0.25) is 0 Å². The van der Waals surface area contributed by atoms with Crippen LogP contribution in [-0.4, -0.2) is 35.8 Å². The van der Waals surface area contributed by atoms with Crippen LogP contribution in [0.1, 0.15) is 38.2 Å². The highest BCUT2D eigenvalue weighted by Crippen LogP contribution is 2.86. The fraction of sp³-hybridized carbons (Fsp3) is 0.571. The van der Waals surface area contributed by atoms with E-state index < -0.39 is 21.0 Å². The van der Waals surface area contributed by atoms with Crippen LogP contribution in [0.4, 0.5) is 0 Å². The van der Waals surface area contributed by atoms with E-state index in [1.54, 1.807) is 43.8 Å². The zero-order chi connectivity index (χ0) is 21.3. The molecular weight excluding hydrogens is 404 g/mol. The summed E-state index contributed by atoms with van der Waals surface area (Å²) in [6, 6.07) is 10.5. The molecule has 154 valence electrons. The summed E-state index contributed by atoms with van der Waals surface area (Å²) in [4.78, 5) is 4.79. The molecule has 3 unspecified atom stereocenters. The van der Waals surface area contributed by atoms with Gasteiger partial charge in [0.05, 0.1) is 26.4 Å². The highest BCUT2D eigenvalue weighted by Gasteiger charge is 2.92. The van der Waals surface area contributed by atoms with Crippen molar-refractivity contribution in [3.8, 4) is 23.6 Å². The van der Waals surface area contributed by atoms with Crippen molar-refractivity contribution >= 4 is 29.4 Å². The first-order chi connectivity index (χ1) is 14.0. The summed E-state index contributed by atoms with van der Waals surface area (Å²) in [6.07, 6.45) is 1.89. The van der Waals surface area contributed by atoms with Gasteiger partial charge in [0.1, 0.15) is 16.7 Å². The van der Waals surface area contributed by atoms with Gasteiger partial charge in [-0.2, -0.15) is 10.5 Å². The maximum atomic E-state index is 10.5. The Morgan fingerprint density at radius 1 is 1.10 bits per heavy atom. The summed E-state index contributed by atoms with van der Waals surface area (Å²) < 4.78 is 10.3. The third-order valence-electron chi connectivity index (χ3n) is 5.68. The number of hydrogen-bond donors (Lipinski definition) is 1. The number of thioether (sulfide) groups is 2. The lowest BCUT2D eigenvalue weighted by atomic mass is 9.97. The van der Waals surface area contributed by atoms with Crippen molar-refractivity contribution in [3.05, 3.63) is 23.8 Å². The number of para-hydroxylation sites is 1. The highest BCUT2D eigenvalue weighted by molar-refractivity contribution is 8.18. The summed E-state index contributed by atoms with van der Waals surface area (Å²) in [6.45, 7) is 4.19. The van der Waals surface area contributed by atoms with Crippen molar-refractivity contribution in [2.75, 3.05) is 25.7 Å². The molecule has 1 aliphatic carbocycles. The zero-order valence-electron chi connectivity index (χ0n) is 17.2. The van der Waals surface area contributed by atoms with E-state index in [0.29, 0.717) is 11.5 Å². The summed E-state index contributed by atoms with van der Waals surface area (Å²) in [7, 11) is 3.14. The molecule has 3 atom stereocenters. The normalized spacial score (nSPS) is 28.6. The van der Waals surface area contributed by atoms with E-state index in [9.17, 15) is 10.5 Å². The Bertz CT molecular complexity index is 899. The van der Waals surface area contributed by atoms with Crippen molar-refractivity contribution < 1.29 is 9.47 Å². The minimum Gasteiger partial charge on any atom is -0.493 e. The molecule has 0 saturated heterocycles. The first kappa shape index (κ1) is 21.7. The largest absolute Gasteiger partial charge is 0.493 e. The minimum atomic E-state index is -1.16. The number of benzene rings is 1. The van der Waals surface area contributed by atoms with Crippen LogP contribution in [0.15, 0.2) is 23.2 Å². The Morgan fingerprint density at radius 2 is 1.76 bits per heavy atom. The van der Waals surface area contributed by atoms with Crippen molar-refractivity contribution in [2.45, 2.75) is 36.8 Å². The van der Waals surface area contributed by atoms with Crippen molar-refractivity contribution in [3.63, 3.8) is 0 Å². The van der Waals surface area contributed by atoms with Gasteiger partial charge >= 0.3 is 0 Å². The van der Waals surface area contributed by atoms with Crippen LogP contribution >= 0.6 is 23.5 Å². The van der Waals surface area contributed by atoms with Crippen LogP contribution in [0.5, 0.6) is 11.5 Å². The van der Waals surface area contributed by atoms with Gasteiger partial charge < -0.3 is 15.2 Å². The van der Waals surface area contributed by atoms with Crippen LogP contribution in [0.25, 0.3) is 0 Å². The van der Waals surface area contributed by atoms with Crippen LogP contribution in [0.3, 0.4) is 0 Å². The molecule has 1 aromatic carbocycles. The van der Waals surface area contributed by atoms with Gasteiger partial charge in [0.25, 0.3) is 0 Å². The molecule has 6 nitrogen and oxygen atoms in total. The first-order valence-electron chi connectivity index (χ1n) is 9.67. The van der Waals surface area contributed by atoms with Gasteiger partial charge in [-0.15, -0.1) is 23.5 Å². The first-order valence-corrected chi connectivity index (χ1v) is 11.6. The molecule has 1 aliphatic heterocycles. The maximum Gasteiger partial charge on any atom is 0.175 e. The quantitative estimate of drug-likeness (QED) is 0.587. The molecule has 0 aromatic heterocycles. The summed E-state index contributed by atoms with van der Waals surface area (Å²) in [5.74, 6) is 2.60. The van der Waals surface area contributed by atoms with Gasteiger partial charge in [-0.1, -0.05) is 26.0 Å². The lowest BCUT2D eigenvalue weighted by Crippen LogP contribution is -2.32. The molecule has 29 heavy (non-hydrogen) atoms. The Kier molecular flexibility index (Phi) is 5.98. The van der Waals surface area contributed by atoms with Crippen molar-refractivity contribution in [1.29, 1.82) is 10.5 Å². The summed E-state index contributed by atoms with van der Waals surface area (Å²) in [5, 5.41) is 20.8. The third-order valence-corrected chi connectivity index (χ3v) is 9.22. The number of methoxy groups -OCH3 is 2. The Labute approximate surface area is 180 Å². The second-order valence-electron chi connectivity index (χ2n) is 7.13. The van der Waals surface area contributed by atoms with Gasteiger partial charge in [0, 0.05) is 11.5 Å². The number of amidine groups is 1. The minimum absolute atomic E-state index is 0.253. The standard InChI is InChI=1S/C21H26N4O2S2/c1-5-10-28-21(29-11-6-2)20(13-23)17(19(20,12-22)18(24)25-21)14-8-7-9-15(26-3)16(14)27-4/h7-9,17H,5-6,10-11H2,1-4H3,(H2,24,25). The molecule has 0 amide bonds. The van der Waals surface area contributed by atoms with Gasteiger partial charge in [-0.3, -0.25) is 0 Å². The van der Waals surface area contributed by atoms with E-state index in [4.69, 9.17) is 20.2 Å². The second-order valence-corrected chi connectivity index (χ2v) is 9.97. The van der Waals surface area contributed by atoms with E-state index >= 15 is 0 Å². The number of ether oxygens (including phenoxy) is 2. The van der Waals surface area contributed by atoms with Crippen LogP contribution < -0.4 is 15.2 Å². The monoisotopic (exact) mass is 430 g/mol. The molecule has 8 heteroatoms. The second kappa shape index (κ2) is 8.01. The van der Waals surface area contributed by atoms with E-state index in [2.05, 4.69) is 26.0 Å². The summed E-state index contributed by atoms with van der Waals surface area (Å²) >= 11 is 3.27. The molecule has 0 spiro atoms. The fourth-order valence-corrected chi connectivity index (χ4v) is 7.67. The average molecular weight is 431 g/mol. The van der Waals surface area contributed by atoms with Crippen LogP contribution in [0.2, 0.25) is 0 Å². The number of aliphatic imine (C=N–C) groups is 1. The van der Waals surface area contributed by atoms with E-state index in [1.165, 1.54) is 0 Å². The molecule has 1 fully saturated rings. The molecular formula is C21H26N4O2S2.